The quantitative estimate of drug-likeness (QED) is 0.594. The summed E-state index contributed by atoms with van der Waals surface area (Å²) in [7, 11) is -3.35. The molecule has 0 saturated carbocycles. The van der Waals surface area contributed by atoms with E-state index in [-0.39, 0.29) is 11.4 Å². The van der Waals surface area contributed by atoms with E-state index in [0.29, 0.717) is 28.3 Å². The Morgan fingerprint density at radius 3 is 2.45 bits per heavy atom. The number of hydrogen-bond donors (Lipinski definition) is 3. The fourth-order valence-electron chi connectivity index (χ4n) is 3.02. The van der Waals surface area contributed by atoms with Crippen molar-refractivity contribution < 1.29 is 28.2 Å². The summed E-state index contributed by atoms with van der Waals surface area (Å²) in [6, 6.07) is 6.03. The summed E-state index contributed by atoms with van der Waals surface area (Å²) in [6.45, 7) is -0.609. The molecule has 3 N–H and O–H groups in total. The molecule has 0 aliphatic carbocycles. The molecule has 1 aromatic heterocycles. The molecule has 0 unspecified atom stereocenters. The molecule has 1 aliphatic rings. The highest BCUT2D eigenvalue weighted by molar-refractivity contribution is 7.98. The number of aliphatic carboxylic acids is 1. The number of sulfone groups is 1. The van der Waals surface area contributed by atoms with Gasteiger partial charge in [0.15, 0.2) is 9.84 Å². The highest BCUT2D eigenvalue weighted by atomic mass is 32.2. The van der Waals surface area contributed by atoms with Gasteiger partial charge >= 0.3 is 5.97 Å². The average Bonchev–Trinajstić information content (AvgIpc) is 3.13. The van der Waals surface area contributed by atoms with Crippen LogP contribution >= 0.6 is 11.8 Å². The second kappa shape index (κ2) is 7.91. The number of nitrogens with one attached hydrogen (secondary N) is 1. The Balaban J connectivity index is 2.04. The number of carbonyl (C=O) groups excluding carboxylic acids is 1. The van der Waals surface area contributed by atoms with Crippen LogP contribution in [0.2, 0.25) is 0 Å². The maximum Gasteiger partial charge on any atom is 0.322 e. The molecule has 3 rings (SSSR count). The number of carboxylic acid groups (broad SMARTS) is 1. The van der Waals surface area contributed by atoms with Crippen LogP contribution in [-0.2, 0) is 32.7 Å². The summed E-state index contributed by atoms with van der Waals surface area (Å²) in [5.74, 6) is -1.79. The Morgan fingerprint density at radius 2 is 1.86 bits per heavy atom. The van der Waals surface area contributed by atoms with Crippen LogP contribution in [0.4, 0.5) is 0 Å². The number of nitrogens with zero attached hydrogens (tertiary/aromatic N) is 1. The van der Waals surface area contributed by atoms with Gasteiger partial charge in [-0.05, 0) is 17.7 Å². The number of aromatic nitrogens is 1. The minimum Gasteiger partial charge on any atom is -0.507 e. The number of carboxylic acids is 1. The topological polar surface area (TPSA) is 143 Å². The lowest BCUT2D eigenvalue weighted by molar-refractivity contribution is -0.135. The predicted molar refractivity (Wildman–Crippen MR) is 106 cm³/mol. The lowest BCUT2D eigenvalue weighted by Crippen LogP contribution is -2.37. The van der Waals surface area contributed by atoms with Crippen molar-refractivity contribution in [2.45, 2.75) is 22.9 Å². The molecule has 1 aliphatic heterocycles. The zero-order valence-corrected chi connectivity index (χ0v) is 17.0. The minimum atomic E-state index is -3.35. The SMILES string of the molecule is CS(=O)(=O)c1ccc(Cn2c3c(c(O)c(C(=O)NCC(=O)O)c2=O)CSC3)cc1. The Morgan fingerprint density at radius 1 is 1.21 bits per heavy atom. The van der Waals surface area contributed by atoms with E-state index in [9.17, 15) is 27.9 Å². The van der Waals surface area contributed by atoms with Gasteiger partial charge in [-0.15, -0.1) is 0 Å². The zero-order chi connectivity index (χ0) is 21.3. The summed E-state index contributed by atoms with van der Waals surface area (Å²) in [5, 5.41) is 21.3. The first-order valence-electron chi connectivity index (χ1n) is 8.44. The molecule has 0 fully saturated rings. The molecule has 11 heteroatoms. The number of amides is 1. The third kappa shape index (κ3) is 4.30. The number of rotatable bonds is 6. The molecular weight excluding hydrogens is 420 g/mol. The monoisotopic (exact) mass is 438 g/mol. The predicted octanol–water partition coefficient (Wildman–Crippen LogP) is 0.567. The molecule has 0 atom stereocenters. The van der Waals surface area contributed by atoms with Crippen LogP contribution in [0.1, 0.15) is 27.2 Å². The molecule has 0 bridgehead atoms. The van der Waals surface area contributed by atoms with Crippen LogP contribution in [0.3, 0.4) is 0 Å². The average molecular weight is 438 g/mol. The van der Waals surface area contributed by atoms with Crippen molar-refractivity contribution in [2.75, 3.05) is 12.8 Å². The van der Waals surface area contributed by atoms with E-state index in [1.807, 2.05) is 0 Å². The van der Waals surface area contributed by atoms with E-state index in [2.05, 4.69) is 5.32 Å². The molecular formula is C18H18N2O7S2. The van der Waals surface area contributed by atoms with Gasteiger partial charge in [0.1, 0.15) is 17.9 Å². The zero-order valence-electron chi connectivity index (χ0n) is 15.3. The Labute approximate surface area is 170 Å². The van der Waals surface area contributed by atoms with Crippen molar-refractivity contribution in [1.29, 1.82) is 0 Å². The smallest absolute Gasteiger partial charge is 0.322 e. The lowest BCUT2D eigenvalue weighted by atomic mass is 10.1. The molecule has 1 amide bonds. The summed E-state index contributed by atoms with van der Waals surface area (Å²) in [5.41, 5.74) is 0.447. The van der Waals surface area contributed by atoms with Crippen molar-refractivity contribution >= 4 is 33.5 Å². The highest BCUT2D eigenvalue weighted by Crippen LogP contribution is 2.36. The number of aromatic hydroxyl groups is 1. The largest absolute Gasteiger partial charge is 0.507 e. The van der Waals surface area contributed by atoms with Crippen LogP contribution in [0.5, 0.6) is 5.75 Å². The fraction of sp³-hybridized carbons (Fsp3) is 0.278. The Kier molecular flexibility index (Phi) is 5.71. The minimum absolute atomic E-state index is 0.0747. The first kappa shape index (κ1) is 20.9. The maximum absolute atomic E-state index is 13.0. The van der Waals surface area contributed by atoms with E-state index in [1.165, 1.54) is 28.5 Å². The number of hydrogen-bond acceptors (Lipinski definition) is 7. The molecule has 0 spiro atoms. The molecule has 9 nitrogen and oxygen atoms in total. The van der Waals surface area contributed by atoms with E-state index in [4.69, 9.17) is 5.11 Å². The molecule has 154 valence electrons. The van der Waals surface area contributed by atoms with Crippen molar-refractivity contribution in [3.63, 3.8) is 0 Å². The first-order valence-corrected chi connectivity index (χ1v) is 11.5. The van der Waals surface area contributed by atoms with Gasteiger partial charge in [-0.25, -0.2) is 8.42 Å². The van der Waals surface area contributed by atoms with Crippen LogP contribution < -0.4 is 10.9 Å². The van der Waals surface area contributed by atoms with Gasteiger partial charge < -0.3 is 20.1 Å². The first-order chi connectivity index (χ1) is 13.6. The molecule has 29 heavy (non-hydrogen) atoms. The Hall–Kier alpha value is -2.79. The van der Waals surface area contributed by atoms with E-state index in [1.54, 1.807) is 12.1 Å². The van der Waals surface area contributed by atoms with Crippen LogP contribution in [-0.4, -0.2) is 47.9 Å². The summed E-state index contributed by atoms with van der Waals surface area (Å²) in [4.78, 5) is 36.1. The second-order valence-electron chi connectivity index (χ2n) is 6.53. The summed E-state index contributed by atoms with van der Waals surface area (Å²) < 4.78 is 24.6. The van der Waals surface area contributed by atoms with Gasteiger partial charge in [0, 0.05) is 29.0 Å². The third-order valence-electron chi connectivity index (χ3n) is 4.46. The van der Waals surface area contributed by atoms with Crippen molar-refractivity contribution in [1.82, 2.24) is 9.88 Å². The van der Waals surface area contributed by atoms with Crippen LogP contribution in [0.25, 0.3) is 0 Å². The Bertz CT molecular complexity index is 1150. The van der Waals surface area contributed by atoms with Gasteiger partial charge in [0.05, 0.1) is 11.4 Å². The van der Waals surface area contributed by atoms with Crippen molar-refractivity contribution in [3.05, 3.63) is 57.0 Å². The standard InChI is InChI=1S/C18H18N2O7S2/c1-29(26,27)11-4-2-10(3-5-11)7-20-13-9-28-8-12(13)16(23)15(18(20)25)17(24)19-6-14(21)22/h2-5,23H,6-9H2,1H3,(H,19,24)(H,21,22). The summed E-state index contributed by atoms with van der Waals surface area (Å²) in [6.07, 6.45) is 1.10. The molecule has 1 aromatic carbocycles. The molecule has 0 radical (unpaired) electrons. The normalized spacial score (nSPS) is 13.1. The third-order valence-corrected chi connectivity index (χ3v) is 6.56. The second-order valence-corrected chi connectivity index (χ2v) is 9.53. The van der Waals surface area contributed by atoms with E-state index >= 15 is 0 Å². The summed E-state index contributed by atoms with van der Waals surface area (Å²) >= 11 is 1.47. The van der Waals surface area contributed by atoms with Crippen LogP contribution in [0, 0.1) is 0 Å². The lowest BCUT2D eigenvalue weighted by Gasteiger charge is -2.16. The van der Waals surface area contributed by atoms with Gasteiger partial charge in [0.2, 0.25) is 0 Å². The highest BCUT2D eigenvalue weighted by Gasteiger charge is 2.28. The fourth-order valence-corrected chi connectivity index (χ4v) is 4.78. The van der Waals surface area contributed by atoms with Gasteiger partial charge in [-0.2, -0.15) is 11.8 Å². The van der Waals surface area contributed by atoms with Crippen molar-refractivity contribution in [2.24, 2.45) is 0 Å². The van der Waals surface area contributed by atoms with Gasteiger partial charge in [-0.1, -0.05) is 12.1 Å². The number of benzene rings is 1. The number of pyridine rings is 1. The van der Waals surface area contributed by atoms with Gasteiger partial charge in [0.25, 0.3) is 11.5 Å². The van der Waals surface area contributed by atoms with Crippen LogP contribution in [0.15, 0.2) is 34.0 Å². The number of thioether (sulfide) groups is 1. The molecule has 2 aromatic rings. The van der Waals surface area contributed by atoms with Gasteiger partial charge in [-0.3, -0.25) is 14.4 Å². The van der Waals surface area contributed by atoms with Crippen molar-refractivity contribution in [3.8, 4) is 5.75 Å². The maximum atomic E-state index is 13.0. The van der Waals surface area contributed by atoms with E-state index < -0.39 is 45.1 Å². The molecule has 2 heterocycles. The molecule has 0 saturated heterocycles. The number of carbonyl (C=O) groups is 2. The number of fused-ring (bicyclic) bond motifs is 1. The van der Waals surface area contributed by atoms with E-state index in [0.717, 1.165) is 6.26 Å².